The average molecular weight is 290 g/mol. The molecular weight excluding hydrogens is 272 g/mol. The van der Waals surface area contributed by atoms with Crippen LogP contribution in [0.1, 0.15) is 35.2 Å². The van der Waals surface area contributed by atoms with Crippen molar-refractivity contribution in [1.29, 1.82) is 5.26 Å². The average Bonchev–Trinajstić information content (AvgIpc) is 2.53. The number of nitrogens with zero attached hydrogens (tertiary/aromatic N) is 1. The Morgan fingerprint density at radius 1 is 1.23 bits per heavy atom. The summed E-state index contributed by atoms with van der Waals surface area (Å²) >= 11 is 0. The summed E-state index contributed by atoms with van der Waals surface area (Å²) in [5.41, 5.74) is 3.74. The Bertz CT molecular complexity index is 724. The Balaban J connectivity index is 1.97. The van der Waals surface area contributed by atoms with Crippen molar-refractivity contribution in [3.05, 3.63) is 76.9 Å². The summed E-state index contributed by atoms with van der Waals surface area (Å²) in [6.45, 7) is 3.93. The lowest BCUT2D eigenvalue weighted by atomic mass is 10.1. The third-order valence-electron chi connectivity index (χ3n) is 3.37. The Morgan fingerprint density at radius 2 is 1.95 bits per heavy atom. The van der Waals surface area contributed by atoms with Gasteiger partial charge in [-0.2, -0.15) is 5.26 Å². The zero-order chi connectivity index (χ0) is 15.9. The SMILES string of the molecule is Cc1cccc(/C=C/C(=O)NC(C)c2ccc(C#N)cc2)c1. The molecule has 0 fully saturated rings. The van der Waals surface area contributed by atoms with Crippen LogP contribution in [0.4, 0.5) is 0 Å². The Kier molecular flexibility index (Phi) is 5.11. The van der Waals surface area contributed by atoms with Crippen LogP contribution in [0.25, 0.3) is 6.08 Å². The van der Waals surface area contributed by atoms with Crippen molar-refractivity contribution >= 4 is 12.0 Å². The molecule has 2 aromatic carbocycles. The number of aryl methyl sites for hydroxylation is 1. The highest BCUT2D eigenvalue weighted by molar-refractivity contribution is 5.92. The molecule has 3 nitrogen and oxygen atoms in total. The topological polar surface area (TPSA) is 52.9 Å². The second-order valence-electron chi connectivity index (χ2n) is 5.21. The summed E-state index contributed by atoms with van der Waals surface area (Å²) in [6, 6.07) is 17.1. The molecule has 0 aliphatic carbocycles. The van der Waals surface area contributed by atoms with Gasteiger partial charge in [0.2, 0.25) is 5.91 Å². The molecule has 0 bridgehead atoms. The van der Waals surface area contributed by atoms with E-state index in [0.717, 1.165) is 16.7 Å². The van der Waals surface area contributed by atoms with E-state index in [1.807, 2.05) is 50.2 Å². The van der Waals surface area contributed by atoms with Crippen LogP contribution < -0.4 is 5.32 Å². The Morgan fingerprint density at radius 3 is 2.59 bits per heavy atom. The minimum absolute atomic E-state index is 0.109. The lowest BCUT2D eigenvalue weighted by Gasteiger charge is -2.12. The maximum Gasteiger partial charge on any atom is 0.244 e. The first-order valence-electron chi connectivity index (χ1n) is 7.14. The highest BCUT2D eigenvalue weighted by Crippen LogP contribution is 2.13. The fourth-order valence-corrected chi connectivity index (χ4v) is 2.14. The molecule has 1 atom stereocenters. The van der Waals surface area contributed by atoms with E-state index in [1.165, 1.54) is 6.08 Å². The molecule has 1 N–H and O–H groups in total. The third kappa shape index (κ3) is 4.32. The van der Waals surface area contributed by atoms with Gasteiger partial charge >= 0.3 is 0 Å². The zero-order valence-corrected chi connectivity index (χ0v) is 12.7. The van der Waals surface area contributed by atoms with Crippen molar-refractivity contribution in [3.63, 3.8) is 0 Å². The van der Waals surface area contributed by atoms with Gasteiger partial charge < -0.3 is 5.32 Å². The van der Waals surface area contributed by atoms with Crippen LogP contribution in [0, 0.1) is 18.3 Å². The molecule has 2 rings (SSSR count). The van der Waals surface area contributed by atoms with Crippen LogP contribution in [-0.2, 0) is 4.79 Å². The molecule has 1 amide bonds. The molecule has 3 heteroatoms. The normalized spacial score (nSPS) is 11.9. The van der Waals surface area contributed by atoms with Crippen LogP contribution >= 0.6 is 0 Å². The molecule has 110 valence electrons. The fraction of sp³-hybridized carbons (Fsp3) is 0.158. The number of carbonyl (C=O) groups excluding carboxylic acids is 1. The Labute approximate surface area is 130 Å². The van der Waals surface area contributed by atoms with Crippen LogP contribution in [0.5, 0.6) is 0 Å². The van der Waals surface area contributed by atoms with Crippen molar-refractivity contribution in [1.82, 2.24) is 5.32 Å². The first-order chi connectivity index (χ1) is 10.6. The quantitative estimate of drug-likeness (QED) is 0.872. The number of hydrogen-bond donors (Lipinski definition) is 1. The number of carbonyl (C=O) groups is 1. The number of rotatable bonds is 4. The second-order valence-corrected chi connectivity index (χ2v) is 5.21. The number of nitrogens with one attached hydrogen (secondary N) is 1. The molecular formula is C19H18N2O. The predicted octanol–water partition coefficient (Wildman–Crippen LogP) is 3.76. The molecule has 0 spiro atoms. The lowest BCUT2D eigenvalue weighted by Crippen LogP contribution is -2.24. The predicted molar refractivity (Wildman–Crippen MR) is 87.9 cm³/mol. The first kappa shape index (κ1) is 15.5. The molecule has 0 aliphatic rings. The molecule has 0 saturated heterocycles. The van der Waals surface area contributed by atoms with Gasteiger partial charge in [-0.3, -0.25) is 4.79 Å². The summed E-state index contributed by atoms with van der Waals surface area (Å²) < 4.78 is 0. The van der Waals surface area contributed by atoms with Crippen LogP contribution in [0.3, 0.4) is 0 Å². The van der Waals surface area contributed by atoms with E-state index in [0.29, 0.717) is 5.56 Å². The van der Waals surface area contributed by atoms with Crippen LogP contribution in [0.15, 0.2) is 54.6 Å². The first-order valence-corrected chi connectivity index (χ1v) is 7.14. The van der Waals surface area contributed by atoms with Gasteiger partial charge in [-0.1, -0.05) is 42.0 Å². The monoisotopic (exact) mass is 290 g/mol. The van der Waals surface area contributed by atoms with Gasteiger partial charge in [0.25, 0.3) is 0 Å². The number of nitriles is 1. The van der Waals surface area contributed by atoms with Gasteiger partial charge in [-0.05, 0) is 43.2 Å². The van der Waals surface area contributed by atoms with E-state index in [4.69, 9.17) is 5.26 Å². The van der Waals surface area contributed by atoms with Crippen molar-refractivity contribution in [2.24, 2.45) is 0 Å². The van der Waals surface area contributed by atoms with E-state index in [-0.39, 0.29) is 11.9 Å². The van der Waals surface area contributed by atoms with Crippen molar-refractivity contribution in [2.45, 2.75) is 19.9 Å². The van der Waals surface area contributed by atoms with E-state index >= 15 is 0 Å². The number of amides is 1. The second kappa shape index (κ2) is 7.24. The van der Waals surface area contributed by atoms with Crippen LogP contribution in [-0.4, -0.2) is 5.91 Å². The highest BCUT2D eigenvalue weighted by atomic mass is 16.1. The summed E-state index contributed by atoms with van der Waals surface area (Å²) in [4.78, 5) is 12.0. The molecule has 0 aromatic heterocycles. The third-order valence-corrected chi connectivity index (χ3v) is 3.37. The Hall–Kier alpha value is -2.86. The van der Waals surface area contributed by atoms with Gasteiger partial charge in [0.05, 0.1) is 17.7 Å². The molecule has 22 heavy (non-hydrogen) atoms. The van der Waals surface area contributed by atoms with Gasteiger partial charge in [-0.25, -0.2) is 0 Å². The summed E-state index contributed by atoms with van der Waals surface area (Å²) in [5.74, 6) is -0.140. The van der Waals surface area contributed by atoms with Gasteiger partial charge in [0, 0.05) is 6.08 Å². The molecule has 0 aliphatic heterocycles. The largest absolute Gasteiger partial charge is 0.346 e. The van der Waals surface area contributed by atoms with E-state index in [1.54, 1.807) is 18.2 Å². The van der Waals surface area contributed by atoms with Crippen molar-refractivity contribution < 1.29 is 4.79 Å². The van der Waals surface area contributed by atoms with Crippen molar-refractivity contribution in [2.75, 3.05) is 0 Å². The van der Waals surface area contributed by atoms with E-state index < -0.39 is 0 Å². The fourth-order valence-electron chi connectivity index (χ4n) is 2.14. The maximum absolute atomic E-state index is 12.0. The number of benzene rings is 2. The van der Waals surface area contributed by atoms with Crippen LogP contribution in [0.2, 0.25) is 0 Å². The molecule has 0 heterocycles. The minimum Gasteiger partial charge on any atom is -0.346 e. The number of hydrogen-bond acceptors (Lipinski definition) is 2. The lowest BCUT2D eigenvalue weighted by molar-refractivity contribution is -0.117. The summed E-state index contributed by atoms with van der Waals surface area (Å²) in [7, 11) is 0. The molecule has 0 radical (unpaired) electrons. The molecule has 2 aromatic rings. The zero-order valence-electron chi connectivity index (χ0n) is 12.7. The minimum atomic E-state index is -0.140. The maximum atomic E-state index is 12.0. The summed E-state index contributed by atoms with van der Waals surface area (Å²) in [5, 5.41) is 11.7. The smallest absolute Gasteiger partial charge is 0.244 e. The van der Waals surface area contributed by atoms with Gasteiger partial charge in [-0.15, -0.1) is 0 Å². The van der Waals surface area contributed by atoms with Gasteiger partial charge in [0.15, 0.2) is 0 Å². The molecule has 0 saturated carbocycles. The van der Waals surface area contributed by atoms with E-state index in [9.17, 15) is 4.79 Å². The van der Waals surface area contributed by atoms with Gasteiger partial charge in [0.1, 0.15) is 0 Å². The molecule has 1 unspecified atom stereocenters. The van der Waals surface area contributed by atoms with E-state index in [2.05, 4.69) is 11.4 Å². The highest BCUT2D eigenvalue weighted by Gasteiger charge is 2.07. The van der Waals surface area contributed by atoms with Crippen molar-refractivity contribution in [3.8, 4) is 6.07 Å². The summed E-state index contributed by atoms with van der Waals surface area (Å²) in [6.07, 6.45) is 3.34. The standard InChI is InChI=1S/C19H18N2O/c1-14-4-3-5-16(12-14)8-11-19(22)21-15(2)18-9-6-17(13-20)7-10-18/h3-12,15H,1-2H3,(H,21,22)/b11-8+.